The molecule has 6 heteroatoms. The average molecular weight is 356 g/mol. The molecule has 128 valence electrons. The number of ether oxygens (including phenoxy) is 2. The van der Waals surface area contributed by atoms with Crippen LogP contribution in [0.5, 0.6) is 23.3 Å². The number of anilines is 1. The molecule has 0 spiro atoms. The maximum Gasteiger partial charge on any atom is 0.249 e. The lowest BCUT2D eigenvalue weighted by atomic mass is 10.1. The Morgan fingerprint density at radius 1 is 0.840 bits per heavy atom. The second-order valence-corrected chi connectivity index (χ2v) is 6.24. The Morgan fingerprint density at radius 3 is 2.04 bits per heavy atom. The van der Waals surface area contributed by atoms with Gasteiger partial charge in [0.1, 0.15) is 17.8 Å². The number of benzene rings is 2. The minimum atomic E-state index is 0.231. The molecule has 0 aliphatic rings. The molecule has 0 atom stereocenters. The molecular weight excluding hydrogens is 338 g/mol. The highest BCUT2D eigenvalue weighted by Crippen LogP contribution is 2.34. The second kappa shape index (κ2) is 6.99. The van der Waals surface area contributed by atoms with Crippen molar-refractivity contribution >= 4 is 17.3 Å². The van der Waals surface area contributed by atoms with Crippen LogP contribution in [0, 0.1) is 20.8 Å². The van der Waals surface area contributed by atoms with E-state index in [4.69, 9.17) is 26.8 Å². The van der Waals surface area contributed by atoms with Gasteiger partial charge < -0.3 is 15.2 Å². The first-order valence-corrected chi connectivity index (χ1v) is 8.11. The summed E-state index contributed by atoms with van der Waals surface area (Å²) >= 11 is 6.03. The molecule has 0 saturated carbocycles. The van der Waals surface area contributed by atoms with Gasteiger partial charge >= 0.3 is 0 Å². The van der Waals surface area contributed by atoms with Gasteiger partial charge in [-0.2, -0.15) is 9.97 Å². The molecule has 3 rings (SSSR count). The van der Waals surface area contributed by atoms with E-state index in [0.29, 0.717) is 16.5 Å². The van der Waals surface area contributed by atoms with Crippen molar-refractivity contribution in [1.29, 1.82) is 0 Å². The summed E-state index contributed by atoms with van der Waals surface area (Å²) in [5.41, 5.74) is 9.44. The lowest BCUT2D eigenvalue weighted by molar-refractivity contribution is 0.438. The van der Waals surface area contributed by atoms with Crippen molar-refractivity contribution in [3.05, 3.63) is 64.4 Å². The number of rotatable bonds is 4. The van der Waals surface area contributed by atoms with Gasteiger partial charge in [0.2, 0.25) is 11.8 Å². The van der Waals surface area contributed by atoms with Gasteiger partial charge in [-0.1, -0.05) is 17.7 Å². The van der Waals surface area contributed by atoms with Crippen molar-refractivity contribution in [2.24, 2.45) is 0 Å². The molecule has 1 aromatic heterocycles. The zero-order chi connectivity index (χ0) is 18.0. The topological polar surface area (TPSA) is 70.3 Å². The lowest BCUT2D eigenvalue weighted by Gasteiger charge is -2.12. The Morgan fingerprint density at radius 2 is 1.44 bits per heavy atom. The van der Waals surface area contributed by atoms with Crippen LogP contribution in [-0.2, 0) is 0 Å². The standard InChI is InChI=1S/C19H18ClN3O2/c1-11-6-12(2)8-15(7-11)25-19-17(21)18(22-10-23-19)24-14-4-5-16(20)13(3)9-14/h4-10H,21H2,1-3H3. The molecule has 0 amide bonds. The van der Waals surface area contributed by atoms with E-state index in [9.17, 15) is 0 Å². The number of halogens is 1. The molecule has 0 bridgehead atoms. The third-order valence-corrected chi connectivity index (χ3v) is 3.99. The first-order valence-electron chi connectivity index (χ1n) is 7.73. The maximum atomic E-state index is 6.12. The Kier molecular flexibility index (Phi) is 4.76. The summed E-state index contributed by atoms with van der Waals surface area (Å²) in [4.78, 5) is 8.20. The molecule has 0 saturated heterocycles. The molecule has 2 N–H and O–H groups in total. The predicted molar refractivity (Wildman–Crippen MR) is 98.7 cm³/mol. The normalized spacial score (nSPS) is 10.6. The lowest BCUT2D eigenvalue weighted by Crippen LogP contribution is -2.01. The van der Waals surface area contributed by atoms with Gasteiger partial charge in [0.05, 0.1) is 0 Å². The molecule has 0 radical (unpaired) electrons. The van der Waals surface area contributed by atoms with E-state index in [-0.39, 0.29) is 17.4 Å². The zero-order valence-corrected chi connectivity index (χ0v) is 15.0. The molecule has 1 heterocycles. The number of aromatic nitrogens is 2. The number of nitrogens with zero attached hydrogens (tertiary/aromatic N) is 2. The van der Waals surface area contributed by atoms with Gasteiger partial charge in [-0.25, -0.2) is 0 Å². The first-order chi connectivity index (χ1) is 11.9. The largest absolute Gasteiger partial charge is 0.437 e. The van der Waals surface area contributed by atoms with E-state index in [0.717, 1.165) is 16.7 Å². The van der Waals surface area contributed by atoms with Gasteiger partial charge in [0.15, 0.2) is 5.69 Å². The van der Waals surface area contributed by atoms with Crippen LogP contribution in [-0.4, -0.2) is 9.97 Å². The summed E-state index contributed by atoms with van der Waals surface area (Å²) in [6, 6.07) is 11.2. The smallest absolute Gasteiger partial charge is 0.249 e. The van der Waals surface area contributed by atoms with Crippen LogP contribution in [0.1, 0.15) is 16.7 Å². The molecular formula is C19H18ClN3O2. The number of hydrogen-bond donors (Lipinski definition) is 1. The van der Waals surface area contributed by atoms with Crippen LogP contribution >= 0.6 is 11.6 Å². The van der Waals surface area contributed by atoms with E-state index in [1.807, 2.05) is 39.0 Å². The van der Waals surface area contributed by atoms with E-state index in [1.54, 1.807) is 12.1 Å². The minimum absolute atomic E-state index is 0.231. The summed E-state index contributed by atoms with van der Waals surface area (Å²) in [6.45, 7) is 5.90. The van der Waals surface area contributed by atoms with Crippen molar-refractivity contribution in [2.75, 3.05) is 5.73 Å². The summed E-state index contributed by atoms with van der Waals surface area (Å²) < 4.78 is 11.6. The third-order valence-electron chi connectivity index (χ3n) is 3.56. The summed E-state index contributed by atoms with van der Waals surface area (Å²) in [5, 5.41) is 0.668. The Balaban J connectivity index is 1.87. The van der Waals surface area contributed by atoms with E-state index >= 15 is 0 Å². The van der Waals surface area contributed by atoms with Crippen LogP contribution in [0.15, 0.2) is 42.7 Å². The van der Waals surface area contributed by atoms with Crippen molar-refractivity contribution in [1.82, 2.24) is 9.97 Å². The summed E-state index contributed by atoms with van der Waals surface area (Å²) in [5.74, 6) is 1.73. The third kappa shape index (κ3) is 4.00. The highest BCUT2D eigenvalue weighted by Gasteiger charge is 2.13. The molecule has 5 nitrogen and oxygen atoms in total. The van der Waals surface area contributed by atoms with Gasteiger partial charge in [0.25, 0.3) is 0 Å². The van der Waals surface area contributed by atoms with Crippen molar-refractivity contribution in [2.45, 2.75) is 20.8 Å². The molecule has 3 aromatic rings. The number of hydrogen-bond acceptors (Lipinski definition) is 5. The van der Waals surface area contributed by atoms with Crippen molar-refractivity contribution in [3.8, 4) is 23.3 Å². The van der Waals surface area contributed by atoms with Crippen LogP contribution in [0.3, 0.4) is 0 Å². The quantitative estimate of drug-likeness (QED) is 0.694. The van der Waals surface area contributed by atoms with E-state index < -0.39 is 0 Å². The number of nitrogen functional groups attached to an aromatic ring is 1. The minimum Gasteiger partial charge on any atom is -0.437 e. The van der Waals surface area contributed by atoms with Crippen LogP contribution in [0.4, 0.5) is 5.69 Å². The highest BCUT2D eigenvalue weighted by molar-refractivity contribution is 6.31. The summed E-state index contributed by atoms with van der Waals surface area (Å²) in [7, 11) is 0. The SMILES string of the molecule is Cc1cc(C)cc(Oc2ncnc(Oc3ccc(Cl)c(C)c3)c2N)c1. The molecule has 25 heavy (non-hydrogen) atoms. The molecule has 0 aliphatic carbocycles. The monoisotopic (exact) mass is 355 g/mol. The Hall–Kier alpha value is -2.79. The van der Waals surface area contributed by atoms with E-state index in [2.05, 4.69) is 16.0 Å². The maximum absolute atomic E-state index is 6.12. The van der Waals surface area contributed by atoms with Gasteiger partial charge in [-0.3, -0.25) is 0 Å². The summed E-state index contributed by atoms with van der Waals surface area (Å²) in [6.07, 6.45) is 1.35. The van der Waals surface area contributed by atoms with Gasteiger partial charge in [0, 0.05) is 5.02 Å². The Labute approximate surface area is 151 Å². The van der Waals surface area contributed by atoms with Gasteiger partial charge in [-0.15, -0.1) is 0 Å². The molecule has 0 fully saturated rings. The fraction of sp³-hybridized carbons (Fsp3) is 0.158. The fourth-order valence-corrected chi connectivity index (χ4v) is 2.54. The van der Waals surface area contributed by atoms with Crippen molar-refractivity contribution in [3.63, 3.8) is 0 Å². The number of nitrogens with two attached hydrogens (primary N) is 1. The van der Waals surface area contributed by atoms with Crippen LogP contribution in [0.25, 0.3) is 0 Å². The Bertz CT molecular complexity index is 908. The van der Waals surface area contributed by atoms with Gasteiger partial charge in [-0.05, 0) is 67.8 Å². The molecule has 0 aliphatic heterocycles. The highest BCUT2D eigenvalue weighted by atomic mass is 35.5. The first kappa shape index (κ1) is 17.0. The number of aryl methyl sites for hydroxylation is 3. The van der Waals surface area contributed by atoms with Crippen LogP contribution < -0.4 is 15.2 Å². The van der Waals surface area contributed by atoms with E-state index in [1.165, 1.54) is 6.33 Å². The molecule has 2 aromatic carbocycles. The van der Waals surface area contributed by atoms with Crippen LogP contribution in [0.2, 0.25) is 5.02 Å². The second-order valence-electron chi connectivity index (χ2n) is 5.84. The molecule has 0 unspecified atom stereocenters. The average Bonchev–Trinajstić information content (AvgIpc) is 2.54. The predicted octanol–water partition coefficient (Wildman–Crippen LogP) is 5.22. The van der Waals surface area contributed by atoms with Crippen molar-refractivity contribution < 1.29 is 9.47 Å². The fourth-order valence-electron chi connectivity index (χ4n) is 2.42. The zero-order valence-electron chi connectivity index (χ0n) is 14.2.